The number of nitroso groups, excluding NO2 is 1. The minimum Gasteiger partial charge on any atom is -0.493 e. The fourth-order valence-electron chi connectivity index (χ4n) is 2.15. The lowest BCUT2D eigenvalue weighted by Crippen LogP contribution is -2.29. The van der Waals surface area contributed by atoms with E-state index in [0.717, 1.165) is 17.3 Å². The zero-order chi connectivity index (χ0) is 14.3. The second-order valence-electron chi connectivity index (χ2n) is 4.33. The van der Waals surface area contributed by atoms with Crippen LogP contribution >= 0.6 is 11.8 Å². The van der Waals surface area contributed by atoms with Crippen LogP contribution in [0.3, 0.4) is 0 Å². The SMILES string of the molecule is CC1SC(=O)NN=C1c1ccc2[nH]c(O)c(N=O)c2c1. The summed E-state index contributed by atoms with van der Waals surface area (Å²) in [6, 6.07) is 5.26. The number of nitrogens with one attached hydrogen (secondary N) is 2. The summed E-state index contributed by atoms with van der Waals surface area (Å²) in [5.74, 6) is -0.256. The molecule has 102 valence electrons. The van der Waals surface area contributed by atoms with Gasteiger partial charge in [-0.05, 0) is 29.8 Å². The number of aromatic amines is 1. The van der Waals surface area contributed by atoms with Crippen LogP contribution in [-0.4, -0.2) is 26.3 Å². The maximum atomic E-state index is 11.2. The van der Waals surface area contributed by atoms with Crippen molar-refractivity contribution in [2.75, 3.05) is 0 Å². The van der Waals surface area contributed by atoms with Crippen LogP contribution in [0.4, 0.5) is 10.5 Å². The van der Waals surface area contributed by atoms with Crippen molar-refractivity contribution in [2.24, 2.45) is 10.3 Å². The molecular weight excluding hydrogens is 280 g/mol. The van der Waals surface area contributed by atoms with Crippen LogP contribution in [0.1, 0.15) is 12.5 Å². The molecule has 2 heterocycles. The molecule has 0 aliphatic carbocycles. The maximum absolute atomic E-state index is 11.2. The Kier molecular flexibility index (Phi) is 2.94. The number of hydrogen-bond donors (Lipinski definition) is 3. The highest BCUT2D eigenvalue weighted by Crippen LogP contribution is 2.36. The molecule has 0 radical (unpaired) electrons. The zero-order valence-corrected chi connectivity index (χ0v) is 11.2. The van der Waals surface area contributed by atoms with Gasteiger partial charge in [-0.1, -0.05) is 17.8 Å². The summed E-state index contributed by atoms with van der Waals surface area (Å²) in [6.45, 7) is 1.87. The molecule has 1 unspecified atom stereocenters. The normalized spacial score (nSPS) is 18.8. The van der Waals surface area contributed by atoms with E-state index < -0.39 is 0 Å². The fourth-order valence-corrected chi connectivity index (χ4v) is 2.87. The average molecular weight is 290 g/mol. The van der Waals surface area contributed by atoms with Gasteiger partial charge in [-0.2, -0.15) is 5.10 Å². The minimum atomic E-state index is -0.256. The summed E-state index contributed by atoms with van der Waals surface area (Å²) >= 11 is 1.14. The van der Waals surface area contributed by atoms with Crippen molar-refractivity contribution < 1.29 is 9.90 Å². The standard InChI is InChI=1S/C12H10N4O3S/c1-5-9(14-15-12(18)20-5)6-2-3-8-7(4-6)10(16-19)11(17)13-8/h2-5,13,17H,1H3,(H,15,18). The van der Waals surface area contributed by atoms with Crippen LogP contribution in [0.15, 0.2) is 28.5 Å². The Labute approximate surface area is 117 Å². The molecule has 20 heavy (non-hydrogen) atoms. The summed E-state index contributed by atoms with van der Waals surface area (Å²) in [5, 5.41) is 16.7. The van der Waals surface area contributed by atoms with Crippen LogP contribution in [0.2, 0.25) is 0 Å². The zero-order valence-electron chi connectivity index (χ0n) is 10.4. The molecule has 3 rings (SSSR count). The van der Waals surface area contributed by atoms with Crippen molar-refractivity contribution in [2.45, 2.75) is 12.2 Å². The first-order chi connectivity index (χ1) is 9.60. The van der Waals surface area contributed by atoms with Gasteiger partial charge in [0.1, 0.15) is 0 Å². The highest BCUT2D eigenvalue weighted by Gasteiger charge is 2.23. The lowest BCUT2D eigenvalue weighted by Gasteiger charge is -2.18. The number of rotatable bonds is 2. The number of nitrogens with zero attached hydrogens (tertiary/aromatic N) is 2. The van der Waals surface area contributed by atoms with Crippen molar-refractivity contribution in [1.82, 2.24) is 10.4 Å². The van der Waals surface area contributed by atoms with E-state index in [2.05, 4.69) is 20.7 Å². The van der Waals surface area contributed by atoms with Crippen LogP contribution in [-0.2, 0) is 0 Å². The third-order valence-electron chi connectivity index (χ3n) is 3.08. The molecule has 1 amide bonds. The summed E-state index contributed by atoms with van der Waals surface area (Å²) in [5.41, 5.74) is 4.47. The molecule has 0 spiro atoms. The first-order valence-electron chi connectivity index (χ1n) is 5.83. The first kappa shape index (κ1) is 12.7. The third-order valence-corrected chi connectivity index (χ3v) is 3.96. The largest absolute Gasteiger partial charge is 0.493 e. The summed E-state index contributed by atoms with van der Waals surface area (Å²) in [6.07, 6.45) is 0. The number of aromatic hydroxyl groups is 1. The maximum Gasteiger partial charge on any atom is 0.299 e. The van der Waals surface area contributed by atoms with Crippen molar-refractivity contribution in [3.63, 3.8) is 0 Å². The number of benzene rings is 1. The Hall–Kier alpha value is -2.35. The van der Waals surface area contributed by atoms with Crippen LogP contribution in [0.25, 0.3) is 10.9 Å². The number of fused-ring (bicyclic) bond motifs is 1. The Morgan fingerprint density at radius 1 is 1.45 bits per heavy atom. The predicted octanol–water partition coefficient (Wildman–Crippen LogP) is 2.82. The molecule has 2 aromatic rings. The number of H-pyrrole nitrogens is 1. The van der Waals surface area contributed by atoms with Gasteiger partial charge in [0, 0.05) is 5.39 Å². The van der Waals surface area contributed by atoms with E-state index in [9.17, 15) is 14.8 Å². The van der Waals surface area contributed by atoms with E-state index >= 15 is 0 Å². The summed E-state index contributed by atoms with van der Waals surface area (Å²) in [7, 11) is 0. The number of carbonyl (C=O) groups is 1. The number of carbonyl (C=O) groups excluding carboxylic acids is 1. The van der Waals surface area contributed by atoms with Crippen LogP contribution < -0.4 is 5.43 Å². The van der Waals surface area contributed by atoms with E-state index in [0.29, 0.717) is 16.6 Å². The van der Waals surface area contributed by atoms with Gasteiger partial charge in [0.25, 0.3) is 5.24 Å². The number of hydrazone groups is 1. The highest BCUT2D eigenvalue weighted by molar-refractivity contribution is 8.14. The molecule has 0 saturated carbocycles. The topological polar surface area (TPSA) is 107 Å². The molecule has 8 heteroatoms. The van der Waals surface area contributed by atoms with Gasteiger partial charge in [0.05, 0.1) is 16.5 Å². The molecule has 7 nitrogen and oxygen atoms in total. The second kappa shape index (κ2) is 4.64. The molecule has 0 saturated heterocycles. The molecule has 3 N–H and O–H groups in total. The Bertz CT molecular complexity index is 752. The number of amides is 1. The van der Waals surface area contributed by atoms with Crippen molar-refractivity contribution >= 4 is 39.3 Å². The number of thioether (sulfide) groups is 1. The van der Waals surface area contributed by atoms with Gasteiger partial charge in [-0.3, -0.25) is 4.79 Å². The van der Waals surface area contributed by atoms with Gasteiger partial charge < -0.3 is 10.1 Å². The minimum absolute atomic E-state index is 0.0254. The lowest BCUT2D eigenvalue weighted by atomic mass is 10.1. The van der Waals surface area contributed by atoms with E-state index in [1.165, 1.54) is 0 Å². The van der Waals surface area contributed by atoms with Gasteiger partial charge in [0.15, 0.2) is 5.69 Å². The molecule has 1 aliphatic rings. The van der Waals surface area contributed by atoms with E-state index in [1.807, 2.05) is 6.92 Å². The lowest BCUT2D eigenvalue weighted by molar-refractivity contribution is 0.261. The van der Waals surface area contributed by atoms with E-state index in [1.54, 1.807) is 18.2 Å². The fraction of sp³-hybridized carbons (Fsp3) is 0.167. The summed E-state index contributed by atoms with van der Waals surface area (Å²) < 4.78 is 0. The highest BCUT2D eigenvalue weighted by atomic mass is 32.2. The number of hydrogen-bond acceptors (Lipinski definition) is 6. The van der Waals surface area contributed by atoms with Crippen molar-refractivity contribution in [1.29, 1.82) is 0 Å². The smallest absolute Gasteiger partial charge is 0.299 e. The molecule has 1 atom stereocenters. The Balaban J connectivity index is 2.13. The van der Waals surface area contributed by atoms with Gasteiger partial charge >= 0.3 is 0 Å². The quantitative estimate of drug-likeness (QED) is 0.739. The molecule has 1 aromatic heterocycles. The third kappa shape index (κ3) is 1.94. The average Bonchev–Trinajstić information content (AvgIpc) is 2.73. The van der Waals surface area contributed by atoms with Crippen molar-refractivity contribution in [3.05, 3.63) is 28.7 Å². The molecule has 1 aliphatic heterocycles. The summed E-state index contributed by atoms with van der Waals surface area (Å²) in [4.78, 5) is 24.7. The van der Waals surface area contributed by atoms with Crippen LogP contribution in [0, 0.1) is 4.91 Å². The second-order valence-corrected chi connectivity index (χ2v) is 5.64. The van der Waals surface area contributed by atoms with E-state index in [-0.39, 0.29) is 22.1 Å². The van der Waals surface area contributed by atoms with Gasteiger partial charge in [0.2, 0.25) is 5.88 Å². The predicted molar refractivity (Wildman–Crippen MR) is 77.5 cm³/mol. The van der Waals surface area contributed by atoms with Crippen molar-refractivity contribution in [3.8, 4) is 5.88 Å². The number of aromatic nitrogens is 1. The Morgan fingerprint density at radius 3 is 2.95 bits per heavy atom. The van der Waals surface area contributed by atoms with Crippen LogP contribution in [0.5, 0.6) is 5.88 Å². The monoisotopic (exact) mass is 290 g/mol. The molecule has 0 fully saturated rings. The van der Waals surface area contributed by atoms with Gasteiger partial charge in [-0.25, -0.2) is 5.43 Å². The molecular formula is C12H10N4O3S. The Morgan fingerprint density at radius 2 is 2.25 bits per heavy atom. The van der Waals surface area contributed by atoms with Gasteiger partial charge in [-0.15, -0.1) is 4.91 Å². The first-order valence-corrected chi connectivity index (χ1v) is 6.70. The molecule has 1 aromatic carbocycles. The van der Waals surface area contributed by atoms with E-state index in [4.69, 9.17) is 0 Å². The molecule has 0 bridgehead atoms.